The maximum atomic E-state index is 9.57. The Balaban J connectivity index is 1.00. The van der Waals surface area contributed by atoms with E-state index in [4.69, 9.17) is 6.57 Å². The molecule has 1 aliphatic rings. The minimum Gasteiger partial charge on any atom is -0.311 e. The summed E-state index contributed by atoms with van der Waals surface area (Å²) in [6, 6.07) is 63.2. The molecule has 6 heteroatoms. The molecular formula is C59H54N4Si2. The molecule has 0 aromatic heterocycles. The summed E-state index contributed by atoms with van der Waals surface area (Å²) >= 11 is 0. The van der Waals surface area contributed by atoms with Gasteiger partial charge in [0.15, 0.2) is 5.69 Å². The van der Waals surface area contributed by atoms with E-state index in [-0.39, 0.29) is 5.41 Å². The van der Waals surface area contributed by atoms with E-state index < -0.39 is 16.1 Å². The monoisotopic (exact) mass is 874 g/mol. The molecule has 0 saturated heterocycles. The van der Waals surface area contributed by atoms with Gasteiger partial charge in [-0.05, 0) is 135 Å². The molecule has 0 saturated carbocycles. The van der Waals surface area contributed by atoms with Crippen molar-refractivity contribution in [3.63, 3.8) is 0 Å². The molecular weight excluding hydrogens is 821 g/mol. The summed E-state index contributed by atoms with van der Waals surface area (Å²) in [7, 11) is -2.92. The smallest absolute Gasteiger partial charge is 0.187 e. The number of anilines is 6. The van der Waals surface area contributed by atoms with E-state index in [0.717, 1.165) is 45.3 Å². The molecule has 0 spiro atoms. The zero-order valence-corrected chi connectivity index (χ0v) is 40.6. The Bertz CT molecular complexity index is 3170. The second kappa shape index (κ2) is 16.7. The first-order chi connectivity index (χ1) is 31.1. The minimum absolute atomic E-state index is 0.236. The predicted molar refractivity (Wildman–Crippen MR) is 283 cm³/mol. The summed E-state index contributed by atoms with van der Waals surface area (Å²) < 4.78 is 0. The lowest BCUT2D eigenvalue weighted by Crippen LogP contribution is -2.37. The highest BCUT2D eigenvalue weighted by Crippen LogP contribution is 2.53. The zero-order chi connectivity index (χ0) is 45.7. The molecule has 0 fully saturated rings. The number of hydrogen-bond donors (Lipinski definition) is 0. The number of rotatable bonds is 10. The van der Waals surface area contributed by atoms with Gasteiger partial charge in [-0.2, -0.15) is 5.26 Å². The first-order valence-corrected chi connectivity index (χ1v) is 29.4. The van der Waals surface area contributed by atoms with Gasteiger partial charge in [-0.25, -0.2) is 4.85 Å². The number of hydrogen-bond acceptors (Lipinski definition) is 3. The van der Waals surface area contributed by atoms with Crippen molar-refractivity contribution in [2.24, 2.45) is 0 Å². The highest BCUT2D eigenvalue weighted by Gasteiger charge is 2.37. The quantitative estimate of drug-likeness (QED) is 0.0780. The van der Waals surface area contributed by atoms with Gasteiger partial charge in [0.2, 0.25) is 0 Å². The van der Waals surface area contributed by atoms with Crippen molar-refractivity contribution in [2.45, 2.75) is 58.5 Å². The first-order valence-electron chi connectivity index (χ1n) is 22.4. The van der Waals surface area contributed by atoms with Crippen LogP contribution in [0, 0.1) is 17.9 Å². The van der Waals surface area contributed by atoms with Gasteiger partial charge in [0, 0.05) is 39.5 Å². The third-order valence-corrected chi connectivity index (χ3v) is 17.1. The molecule has 0 N–H and O–H groups in total. The third-order valence-electron chi connectivity index (χ3n) is 13.0. The van der Waals surface area contributed by atoms with Gasteiger partial charge >= 0.3 is 0 Å². The highest BCUT2D eigenvalue weighted by atomic mass is 28.3. The Morgan fingerprint density at radius 3 is 1.48 bits per heavy atom. The van der Waals surface area contributed by atoms with Gasteiger partial charge in [0.25, 0.3) is 0 Å². The lowest BCUT2D eigenvalue weighted by Gasteiger charge is -2.29. The Labute approximate surface area is 387 Å². The van der Waals surface area contributed by atoms with Gasteiger partial charge < -0.3 is 9.80 Å². The Morgan fingerprint density at radius 1 is 0.508 bits per heavy atom. The molecule has 8 aromatic carbocycles. The number of nitrogens with zero attached hydrogens (tertiary/aromatic N) is 4. The fourth-order valence-corrected chi connectivity index (χ4v) is 11.6. The van der Waals surface area contributed by atoms with E-state index in [0.29, 0.717) is 11.3 Å². The fraction of sp³-hybridized carbons (Fsp3) is 0.153. The number of benzene rings is 8. The third kappa shape index (κ3) is 8.36. The van der Waals surface area contributed by atoms with Gasteiger partial charge in [-0.1, -0.05) is 155 Å². The average Bonchev–Trinajstić information content (AvgIpc) is 3.54. The predicted octanol–water partition coefficient (Wildman–Crippen LogP) is 15.8. The van der Waals surface area contributed by atoms with Crippen LogP contribution in [-0.2, 0) is 5.41 Å². The standard InChI is InChI=1S/C59H54N4Si2/c1-59(2)57-39-51(63(47-22-14-43(40-60)15-23-47)50-28-33-53(34-29-50)65(7,8)9)30-37-55(57)56-36-17-44-38-42(16-35-54(44)58(56)59)11-10-41-12-20-46(21-13-41)62(48-24-18-45(61-3)19-25-48)49-26-31-52(32-27-49)64(4,5)6/h10-39H,1-2,4-9H3/b11-10+. The highest BCUT2D eigenvalue weighted by molar-refractivity contribution is 6.89. The summed E-state index contributed by atoms with van der Waals surface area (Å²) in [5.41, 5.74) is 14.9. The normalized spacial score (nSPS) is 13.0. The van der Waals surface area contributed by atoms with Crippen LogP contribution in [0.2, 0.25) is 39.3 Å². The second-order valence-corrected chi connectivity index (χ2v) is 30.0. The molecule has 0 aliphatic heterocycles. The number of fused-ring (bicyclic) bond motifs is 5. The van der Waals surface area contributed by atoms with Crippen LogP contribution in [0.4, 0.5) is 39.8 Å². The van der Waals surface area contributed by atoms with E-state index in [1.165, 1.54) is 43.4 Å². The maximum Gasteiger partial charge on any atom is 0.187 e. The van der Waals surface area contributed by atoms with E-state index in [1.54, 1.807) is 0 Å². The van der Waals surface area contributed by atoms with Crippen molar-refractivity contribution >= 4 is 89.3 Å². The summed E-state index contributed by atoms with van der Waals surface area (Å²) in [6.07, 6.45) is 4.40. The second-order valence-electron chi connectivity index (χ2n) is 19.8. The minimum atomic E-state index is -1.48. The molecule has 0 unspecified atom stereocenters. The van der Waals surface area contributed by atoms with E-state index >= 15 is 0 Å². The average molecular weight is 875 g/mol. The Morgan fingerprint density at radius 2 is 0.954 bits per heavy atom. The maximum absolute atomic E-state index is 9.57. The first kappa shape index (κ1) is 43.0. The Kier molecular flexibility index (Phi) is 11.1. The van der Waals surface area contributed by atoms with Crippen LogP contribution >= 0.6 is 0 Å². The van der Waals surface area contributed by atoms with Gasteiger partial charge in [-0.3, -0.25) is 0 Å². The SMILES string of the molecule is [C-]#[N+]c1ccc(N(c2ccc(/C=C/c3ccc4c5c(ccc4c3)-c3ccc(N(c4ccc(C#N)cc4)c4ccc([Si](C)(C)C)cc4)cc3C5(C)C)cc2)c2ccc([Si](C)(C)C)cc2)cc1. The molecule has 0 atom stereocenters. The van der Waals surface area contributed by atoms with Crippen LogP contribution in [0.5, 0.6) is 0 Å². The van der Waals surface area contributed by atoms with Gasteiger partial charge in [0.05, 0.1) is 34.4 Å². The molecule has 65 heavy (non-hydrogen) atoms. The fourth-order valence-electron chi connectivity index (χ4n) is 9.31. The van der Waals surface area contributed by atoms with Gasteiger partial charge in [0.1, 0.15) is 0 Å². The van der Waals surface area contributed by atoms with Crippen LogP contribution in [-0.4, -0.2) is 16.1 Å². The molecule has 8 aromatic rings. The van der Waals surface area contributed by atoms with Gasteiger partial charge in [-0.15, -0.1) is 0 Å². The molecule has 4 nitrogen and oxygen atoms in total. The van der Waals surface area contributed by atoms with Crippen molar-refractivity contribution in [1.82, 2.24) is 0 Å². The molecule has 0 amide bonds. The van der Waals surface area contributed by atoms with Crippen molar-refractivity contribution in [1.29, 1.82) is 5.26 Å². The van der Waals surface area contributed by atoms with Crippen LogP contribution in [0.3, 0.4) is 0 Å². The summed E-state index contributed by atoms with van der Waals surface area (Å²) in [5, 5.41) is 14.9. The molecule has 0 radical (unpaired) electrons. The van der Waals surface area contributed by atoms with Crippen molar-refractivity contribution in [3.8, 4) is 17.2 Å². The van der Waals surface area contributed by atoms with Crippen molar-refractivity contribution in [3.05, 3.63) is 209 Å². The van der Waals surface area contributed by atoms with Crippen LogP contribution < -0.4 is 20.2 Å². The van der Waals surface area contributed by atoms with E-state index in [2.05, 4.69) is 219 Å². The van der Waals surface area contributed by atoms with E-state index in [9.17, 15) is 5.26 Å². The molecule has 318 valence electrons. The van der Waals surface area contributed by atoms with Crippen LogP contribution in [0.15, 0.2) is 170 Å². The zero-order valence-electron chi connectivity index (χ0n) is 38.6. The molecule has 0 heterocycles. The summed E-state index contributed by atoms with van der Waals surface area (Å²) in [4.78, 5) is 8.19. The summed E-state index contributed by atoms with van der Waals surface area (Å²) in [6.45, 7) is 26.4. The lowest BCUT2D eigenvalue weighted by atomic mass is 9.80. The van der Waals surface area contributed by atoms with Crippen LogP contribution in [0.25, 0.3) is 38.9 Å². The summed E-state index contributed by atoms with van der Waals surface area (Å²) in [5.74, 6) is 0. The van der Waals surface area contributed by atoms with Crippen molar-refractivity contribution in [2.75, 3.05) is 9.80 Å². The molecule has 1 aliphatic carbocycles. The molecule has 9 rings (SSSR count). The van der Waals surface area contributed by atoms with Crippen LogP contribution in [0.1, 0.15) is 41.7 Å². The molecule has 0 bridgehead atoms. The number of nitriles is 1. The van der Waals surface area contributed by atoms with E-state index in [1.807, 2.05) is 36.4 Å². The topological polar surface area (TPSA) is 34.6 Å². The largest absolute Gasteiger partial charge is 0.311 e. The Hall–Kier alpha value is -7.23. The van der Waals surface area contributed by atoms with Crippen molar-refractivity contribution < 1.29 is 0 Å². The lowest BCUT2D eigenvalue weighted by molar-refractivity contribution is 0.666.